The molecule has 0 amide bonds. The second-order valence-electron chi connectivity index (χ2n) is 6.18. The predicted molar refractivity (Wildman–Crippen MR) is 117 cm³/mol. The second kappa shape index (κ2) is 11.3. The van der Waals surface area contributed by atoms with E-state index in [1.807, 2.05) is 16.8 Å². The van der Waals surface area contributed by atoms with Crippen LogP contribution in [-0.4, -0.2) is 39.9 Å². The Morgan fingerprint density at radius 2 is 2.33 bits per heavy atom. The lowest BCUT2D eigenvalue weighted by molar-refractivity contribution is -0.142. The maximum absolute atomic E-state index is 11.5. The van der Waals surface area contributed by atoms with Gasteiger partial charge in [0, 0.05) is 34.9 Å². The molecule has 0 aliphatic rings. The molecular weight excluding hydrogens is 426 g/mol. The number of anilines is 1. The standard InChI is InChI=1S/C20H22ClN5O3S/c1-2-28-19(27)11-17-13-30-20(24-17)25-23-12-15-10-16(21)4-5-18(15)29-9-3-7-26-8-6-22-14-26/h4-6,8,10,12-14H,2-3,7,9,11H2,1H3,(H,24,25). The summed E-state index contributed by atoms with van der Waals surface area (Å²) in [6.45, 7) is 3.51. The molecule has 0 saturated heterocycles. The Morgan fingerprint density at radius 1 is 1.43 bits per heavy atom. The molecule has 2 aromatic heterocycles. The van der Waals surface area contributed by atoms with E-state index in [0.29, 0.717) is 34.8 Å². The summed E-state index contributed by atoms with van der Waals surface area (Å²) in [5, 5.41) is 7.18. The number of ether oxygens (including phenoxy) is 2. The Bertz CT molecular complexity index is 975. The summed E-state index contributed by atoms with van der Waals surface area (Å²) in [5.41, 5.74) is 4.26. The smallest absolute Gasteiger partial charge is 0.311 e. The van der Waals surface area contributed by atoms with Gasteiger partial charge in [-0.3, -0.25) is 10.2 Å². The van der Waals surface area contributed by atoms with Crippen molar-refractivity contribution in [3.05, 3.63) is 58.6 Å². The van der Waals surface area contributed by atoms with E-state index in [2.05, 4.69) is 20.5 Å². The van der Waals surface area contributed by atoms with E-state index in [1.54, 1.807) is 43.2 Å². The van der Waals surface area contributed by atoms with Crippen LogP contribution in [0.1, 0.15) is 24.6 Å². The first-order valence-corrected chi connectivity index (χ1v) is 10.7. The van der Waals surface area contributed by atoms with Crippen molar-refractivity contribution in [3.8, 4) is 5.75 Å². The Balaban J connectivity index is 1.53. The van der Waals surface area contributed by atoms with Gasteiger partial charge in [-0.05, 0) is 31.5 Å². The summed E-state index contributed by atoms with van der Waals surface area (Å²) in [4.78, 5) is 19.9. The maximum Gasteiger partial charge on any atom is 0.311 e. The molecule has 2 heterocycles. The summed E-state index contributed by atoms with van der Waals surface area (Å²) < 4.78 is 12.8. The van der Waals surface area contributed by atoms with Gasteiger partial charge in [0.15, 0.2) is 0 Å². The van der Waals surface area contributed by atoms with Crippen molar-refractivity contribution in [2.75, 3.05) is 18.6 Å². The van der Waals surface area contributed by atoms with Crippen molar-refractivity contribution >= 4 is 40.3 Å². The van der Waals surface area contributed by atoms with Crippen LogP contribution in [0.2, 0.25) is 5.02 Å². The zero-order valence-electron chi connectivity index (χ0n) is 16.5. The number of aromatic nitrogens is 3. The number of nitrogens with one attached hydrogen (secondary N) is 1. The van der Waals surface area contributed by atoms with E-state index in [0.717, 1.165) is 18.5 Å². The Hall–Kier alpha value is -2.91. The molecule has 0 bridgehead atoms. The van der Waals surface area contributed by atoms with E-state index < -0.39 is 0 Å². The summed E-state index contributed by atoms with van der Waals surface area (Å²) in [6.07, 6.45) is 8.07. The number of thiazole rings is 1. The molecule has 10 heteroatoms. The molecule has 0 aliphatic carbocycles. The molecule has 0 aliphatic heterocycles. The molecule has 8 nitrogen and oxygen atoms in total. The first-order chi connectivity index (χ1) is 14.6. The molecule has 0 unspecified atom stereocenters. The quantitative estimate of drug-likeness (QED) is 0.207. The molecule has 1 aromatic carbocycles. The van der Waals surface area contributed by atoms with Crippen LogP contribution in [0.4, 0.5) is 5.13 Å². The minimum Gasteiger partial charge on any atom is -0.493 e. The van der Waals surface area contributed by atoms with Crippen LogP contribution < -0.4 is 10.2 Å². The number of hydrazone groups is 1. The Kier molecular flexibility index (Phi) is 8.22. The first-order valence-electron chi connectivity index (χ1n) is 9.41. The molecule has 0 saturated carbocycles. The van der Waals surface area contributed by atoms with E-state index in [1.165, 1.54) is 11.3 Å². The van der Waals surface area contributed by atoms with Gasteiger partial charge in [0.05, 0.1) is 37.9 Å². The lowest BCUT2D eigenvalue weighted by Gasteiger charge is -2.09. The molecule has 158 valence electrons. The number of rotatable bonds is 11. The fourth-order valence-corrected chi connectivity index (χ4v) is 3.40. The average Bonchev–Trinajstić information content (AvgIpc) is 3.39. The minimum atomic E-state index is -0.299. The van der Waals surface area contributed by atoms with Crippen molar-refractivity contribution in [2.24, 2.45) is 5.10 Å². The number of hydrogen-bond donors (Lipinski definition) is 1. The van der Waals surface area contributed by atoms with Crippen LogP contribution in [0, 0.1) is 0 Å². The highest BCUT2D eigenvalue weighted by Gasteiger charge is 2.08. The minimum absolute atomic E-state index is 0.140. The molecular formula is C20H22ClN5O3S. The van der Waals surface area contributed by atoms with E-state index >= 15 is 0 Å². The van der Waals surface area contributed by atoms with E-state index in [-0.39, 0.29) is 12.4 Å². The highest BCUT2D eigenvalue weighted by molar-refractivity contribution is 7.13. The molecule has 3 aromatic rings. The predicted octanol–water partition coefficient (Wildman–Crippen LogP) is 4.01. The summed E-state index contributed by atoms with van der Waals surface area (Å²) in [7, 11) is 0. The molecule has 0 radical (unpaired) electrons. The van der Waals surface area contributed by atoms with Crippen LogP contribution in [0.5, 0.6) is 5.75 Å². The SMILES string of the molecule is CCOC(=O)Cc1csc(NN=Cc2cc(Cl)ccc2OCCCn2ccnc2)n1. The number of carbonyl (C=O) groups excluding carboxylic acids is 1. The number of nitrogens with zero attached hydrogens (tertiary/aromatic N) is 4. The number of imidazole rings is 1. The van der Waals surface area contributed by atoms with Gasteiger partial charge in [-0.2, -0.15) is 5.10 Å². The van der Waals surface area contributed by atoms with Gasteiger partial charge < -0.3 is 14.0 Å². The van der Waals surface area contributed by atoms with Gasteiger partial charge in [-0.1, -0.05) is 11.6 Å². The zero-order chi connectivity index (χ0) is 21.2. The number of esters is 1. The number of halogens is 1. The average molecular weight is 448 g/mol. The van der Waals surface area contributed by atoms with Crippen LogP contribution in [0.15, 0.2) is 47.4 Å². The highest BCUT2D eigenvalue weighted by Crippen LogP contribution is 2.22. The number of carbonyl (C=O) groups is 1. The third-order valence-electron chi connectivity index (χ3n) is 3.90. The van der Waals surface area contributed by atoms with Crippen LogP contribution >= 0.6 is 22.9 Å². The molecule has 0 fully saturated rings. The monoisotopic (exact) mass is 447 g/mol. The van der Waals surface area contributed by atoms with Crippen molar-refractivity contribution in [1.29, 1.82) is 0 Å². The normalized spacial score (nSPS) is 11.0. The number of benzene rings is 1. The van der Waals surface area contributed by atoms with Gasteiger partial charge in [-0.15, -0.1) is 11.3 Å². The fourth-order valence-electron chi connectivity index (χ4n) is 2.56. The van der Waals surface area contributed by atoms with Crippen molar-refractivity contribution in [3.63, 3.8) is 0 Å². The van der Waals surface area contributed by atoms with E-state index in [9.17, 15) is 4.79 Å². The third kappa shape index (κ3) is 6.85. The highest BCUT2D eigenvalue weighted by atomic mass is 35.5. The fraction of sp³-hybridized carbons (Fsp3) is 0.300. The third-order valence-corrected chi connectivity index (χ3v) is 4.93. The van der Waals surface area contributed by atoms with E-state index in [4.69, 9.17) is 21.1 Å². The van der Waals surface area contributed by atoms with Gasteiger partial charge in [0.1, 0.15) is 5.75 Å². The Morgan fingerprint density at radius 3 is 3.13 bits per heavy atom. The van der Waals surface area contributed by atoms with Crippen molar-refractivity contribution < 1.29 is 14.3 Å². The molecule has 30 heavy (non-hydrogen) atoms. The van der Waals surface area contributed by atoms with Gasteiger partial charge in [0.2, 0.25) is 5.13 Å². The number of aryl methyl sites for hydroxylation is 1. The van der Waals surface area contributed by atoms with Crippen LogP contribution in [-0.2, 0) is 22.5 Å². The lowest BCUT2D eigenvalue weighted by Crippen LogP contribution is -2.07. The second-order valence-corrected chi connectivity index (χ2v) is 7.48. The van der Waals surface area contributed by atoms with Crippen LogP contribution in [0.25, 0.3) is 0 Å². The zero-order valence-corrected chi connectivity index (χ0v) is 18.0. The molecule has 0 atom stereocenters. The Labute approximate surface area is 183 Å². The molecule has 3 rings (SSSR count). The topological polar surface area (TPSA) is 90.6 Å². The number of hydrogen-bond acceptors (Lipinski definition) is 8. The summed E-state index contributed by atoms with van der Waals surface area (Å²) in [5.74, 6) is 0.393. The largest absolute Gasteiger partial charge is 0.493 e. The molecule has 1 N–H and O–H groups in total. The van der Waals surface area contributed by atoms with Gasteiger partial charge >= 0.3 is 5.97 Å². The van der Waals surface area contributed by atoms with Crippen molar-refractivity contribution in [1.82, 2.24) is 14.5 Å². The van der Waals surface area contributed by atoms with Gasteiger partial charge in [-0.25, -0.2) is 9.97 Å². The molecule has 0 spiro atoms. The summed E-state index contributed by atoms with van der Waals surface area (Å²) >= 11 is 7.48. The lowest BCUT2D eigenvalue weighted by atomic mass is 10.2. The van der Waals surface area contributed by atoms with Gasteiger partial charge in [0.25, 0.3) is 0 Å². The van der Waals surface area contributed by atoms with Crippen LogP contribution in [0.3, 0.4) is 0 Å². The van der Waals surface area contributed by atoms with Crippen molar-refractivity contribution in [2.45, 2.75) is 26.3 Å². The summed E-state index contributed by atoms with van der Waals surface area (Å²) in [6, 6.07) is 5.38. The maximum atomic E-state index is 11.5. The first kappa shape index (κ1) is 21.8.